The molecule has 1 saturated heterocycles. The van der Waals surface area contributed by atoms with E-state index < -0.39 is 23.2 Å². The Kier molecular flexibility index (Phi) is 5.23. The number of carbonyl (C=O) groups is 2. The molecule has 0 aliphatic carbocycles. The van der Waals surface area contributed by atoms with Crippen molar-refractivity contribution in [3.05, 3.63) is 33.4 Å². The number of halogens is 1. The van der Waals surface area contributed by atoms with Crippen LogP contribution in [0.5, 0.6) is 0 Å². The van der Waals surface area contributed by atoms with Crippen molar-refractivity contribution in [2.45, 2.75) is 51.2 Å². The van der Waals surface area contributed by atoms with Gasteiger partial charge in [0.25, 0.3) is 0 Å². The third-order valence-electron chi connectivity index (χ3n) is 3.89. The number of amides is 1. The second-order valence-electron chi connectivity index (χ2n) is 6.86. The minimum absolute atomic E-state index is 0.228. The van der Waals surface area contributed by atoms with Crippen LogP contribution in [0.3, 0.4) is 0 Å². The van der Waals surface area contributed by atoms with Gasteiger partial charge in [-0.05, 0) is 73.9 Å². The van der Waals surface area contributed by atoms with Crippen molar-refractivity contribution in [1.82, 2.24) is 4.90 Å². The highest BCUT2D eigenvalue weighted by Crippen LogP contribution is 2.34. The molecule has 5 nitrogen and oxygen atoms in total. The summed E-state index contributed by atoms with van der Waals surface area (Å²) in [5, 5.41) is 11.9. The maximum atomic E-state index is 12.4. The zero-order valence-corrected chi connectivity index (χ0v) is 15.8. The number of likely N-dealkylation sites (tertiary alicyclic amines) is 1. The molecule has 0 spiro atoms. The highest BCUT2D eigenvalue weighted by molar-refractivity contribution is 14.1. The molecule has 0 radical (unpaired) electrons. The van der Waals surface area contributed by atoms with Crippen LogP contribution in [0.2, 0.25) is 0 Å². The topological polar surface area (TPSA) is 69.7 Å². The van der Waals surface area contributed by atoms with Crippen LogP contribution in [0.25, 0.3) is 0 Å². The molecule has 1 atom stereocenters. The fourth-order valence-electron chi connectivity index (χ4n) is 2.87. The molecule has 1 aliphatic heterocycles. The van der Waals surface area contributed by atoms with Gasteiger partial charge in [-0.15, -0.1) is 0 Å². The molecule has 23 heavy (non-hydrogen) atoms. The number of hydrogen-bond donors (Lipinski definition) is 0. The smallest absolute Gasteiger partial charge is 0.411 e. The van der Waals surface area contributed by atoms with Crippen LogP contribution in [0.15, 0.2) is 24.3 Å². The summed E-state index contributed by atoms with van der Waals surface area (Å²) >= 11 is 2.19. The summed E-state index contributed by atoms with van der Waals surface area (Å²) < 4.78 is 6.45. The zero-order valence-electron chi connectivity index (χ0n) is 13.6. The lowest BCUT2D eigenvalue weighted by molar-refractivity contribution is -0.317. The van der Waals surface area contributed by atoms with E-state index in [1.165, 1.54) is 4.90 Å². The molecule has 0 saturated carbocycles. The van der Waals surface area contributed by atoms with E-state index in [4.69, 9.17) is 4.74 Å². The molecule has 1 aliphatic rings. The van der Waals surface area contributed by atoms with E-state index in [1.54, 1.807) is 20.8 Å². The summed E-state index contributed by atoms with van der Waals surface area (Å²) in [6.45, 7) is 5.66. The number of carboxylic acids is 1. The maximum Gasteiger partial charge on any atom is 0.411 e. The minimum atomic E-state index is -1.34. The molecule has 1 fully saturated rings. The van der Waals surface area contributed by atoms with Crippen LogP contribution in [0, 0.1) is 3.57 Å². The summed E-state index contributed by atoms with van der Waals surface area (Å²) in [5.74, 6) is -1.22. The monoisotopic (exact) mass is 430 g/mol. The average molecular weight is 430 g/mol. The standard InChI is InChI=1S/C17H22INO4/c1-16(2,3)23-15(22)19-10-4-9-17(19,14(20)21)11-12-5-7-13(18)8-6-12/h5-8H,4,9-11H2,1-3H3,(H,20,21)/p-1/t17-/m1/s1. The van der Waals surface area contributed by atoms with Gasteiger partial charge in [0, 0.05) is 16.5 Å². The maximum absolute atomic E-state index is 12.4. The first kappa shape index (κ1) is 18.0. The Morgan fingerprint density at radius 1 is 1.30 bits per heavy atom. The summed E-state index contributed by atoms with van der Waals surface area (Å²) in [5.41, 5.74) is -1.14. The zero-order chi connectivity index (χ0) is 17.3. The van der Waals surface area contributed by atoms with E-state index >= 15 is 0 Å². The first-order chi connectivity index (χ1) is 10.6. The third-order valence-corrected chi connectivity index (χ3v) is 4.61. The lowest BCUT2D eigenvalue weighted by Gasteiger charge is -2.40. The predicted molar refractivity (Wildman–Crippen MR) is 92.8 cm³/mol. The fraction of sp³-hybridized carbons (Fsp3) is 0.529. The van der Waals surface area contributed by atoms with E-state index in [2.05, 4.69) is 22.6 Å². The van der Waals surface area contributed by atoms with Crippen molar-refractivity contribution in [2.75, 3.05) is 6.54 Å². The SMILES string of the molecule is CC(C)(C)OC(=O)N1CCC[C@@]1(Cc1ccc(I)cc1)C(=O)[O-]. The van der Waals surface area contributed by atoms with Crippen LogP contribution in [0.1, 0.15) is 39.2 Å². The molecule has 1 aromatic rings. The van der Waals surface area contributed by atoms with Gasteiger partial charge in [-0.25, -0.2) is 4.79 Å². The average Bonchev–Trinajstić information content (AvgIpc) is 2.84. The lowest BCUT2D eigenvalue weighted by Crippen LogP contribution is -2.60. The van der Waals surface area contributed by atoms with Gasteiger partial charge in [0.1, 0.15) is 5.60 Å². The Labute approximate surface area is 150 Å². The van der Waals surface area contributed by atoms with Gasteiger partial charge >= 0.3 is 6.09 Å². The summed E-state index contributed by atoms with van der Waals surface area (Å²) in [6, 6.07) is 7.62. The third kappa shape index (κ3) is 4.16. The van der Waals surface area contributed by atoms with E-state index in [0.717, 1.165) is 9.13 Å². The highest BCUT2D eigenvalue weighted by atomic mass is 127. The first-order valence-corrected chi connectivity index (χ1v) is 8.68. The largest absolute Gasteiger partial charge is 0.548 e. The van der Waals surface area contributed by atoms with Crippen LogP contribution >= 0.6 is 22.6 Å². The Morgan fingerprint density at radius 2 is 1.91 bits per heavy atom. The van der Waals surface area contributed by atoms with Crippen LogP contribution in [-0.2, 0) is 16.0 Å². The Bertz CT molecular complexity index is 594. The molecular formula is C17H21INO4-. The van der Waals surface area contributed by atoms with E-state index in [1.807, 2.05) is 24.3 Å². The molecule has 2 rings (SSSR count). The van der Waals surface area contributed by atoms with Crippen LogP contribution in [-0.4, -0.2) is 34.6 Å². The van der Waals surface area contributed by atoms with E-state index in [-0.39, 0.29) is 6.42 Å². The molecule has 0 aromatic heterocycles. The number of carbonyl (C=O) groups excluding carboxylic acids is 2. The molecule has 1 aromatic carbocycles. The second-order valence-corrected chi connectivity index (χ2v) is 8.10. The van der Waals surface area contributed by atoms with Crippen molar-refractivity contribution < 1.29 is 19.4 Å². The Morgan fingerprint density at radius 3 is 2.43 bits per heavy atom. The normalized spacial score (nSPS) is 21.3. The first-order valence-electron chi connectivity index (χ1n) is 7.61. The molecule has 0 N–H and O–H groups in total. The summed E-state index contributed by atoms with van der Waals surface area (Å²) in [4.78, 5) is 25.7. The molecule has 6 heteroatoms. The quantitative estimate of drug-likeness (QED) is 0.691. The predicted octanol–water partition coefficient (Wildman–Crippen LogP) is 2.35. The van der Waals surface area contributed by atoms with Crippen LogP contribution in [0.4, 0.5) is 4.79 Å². The van der Waals surface area contributed by atoms with Crippen molar-refractivity contribution in [3.8, 4) is 0 Å². The molecule has 0 bridgehead atoms. The van der Waals surface area contributed by atoms with Gasteiger partial charge in [0.05, 0.1) is 11.5 Å². The van der Waals surface area contributed by atoms with Gasteiger partial charge in [0.2, 0.25) is 0 Å². The Hall–Kier alpha value is -1.31. The van der Waals surface area contributed by atoms with Gasteiger partial charge < -0.3 is 14.6 Å². The molecular weight excluding hydrogens is 409 g/mol. The summed E-state index contributed by atoms with van der Waals surface area (Å²) in [7, 11) is 0. The lowest BCUT2D eigenvalue weighted by atomic mass is 9.88. The number of benzene rings is 1. The van der Waals surface area contributed by atoms with Crippen molar-refractivity contribution in [3.63, 3.8) is 0 Å². The number of rotatable bonds is 3. The second kappa shape index (κ2) is 6.67. The number of hydrogen-bond acceptors (Lipinski definition) is 4. The van der Waals surface area contributed by atoms with Crippen molar-refractivity contribution >= 4 is 34.7 Å². The molecule has 1 heterocycles. The minimum Gasteiger partial charge on any atom is -0.548 e. The number of aliphatic carboxylic acids is 1. The number of ether oxygens (including phenoxy) is 1. The highest BCUT2D eigenvalue weighted by Gasteiger charge is 2.46. The summed E-state index contributed by atoms with van der Waals surface area (Å²) in [6.07, 6.45) is 0.633. The van der Waals surface area contributed by atoms with Gasteiger partial charge in [-0.2, -0.15) is 0 Å². The molecule has 126 valence electrons. The van der Waals surface area contributed by atoms with Crippen molar-refractivity contribution in [2.24, 2.45) is 0 Å². The van der Waals surface area contributed by atoms with Crippen LogP contribution < -0.4 is 5.11 Å². The van der Waals surface area contributed by atoms with Gasteiger partial charge in [0.15, 0.2) is 0 Å². The molecule has 0 unspecified atom stereocenters. The fourth-order valence-corrected chi connectivity index (χ4v) is 3.23. The van der Waals surface area contributed by atoms with Gasteiger partial charge in [-0.1, -0.05) is 12.1 Å². The van der Waals surface area contributed by atoms with Gasteiger partial charge in [-0.3, -0.25) is 4.90 Å². The number of nitrogens with zero attached hydrogens (tertiary/aromatic N) is 1. The Balaban J connectivity index is 2.29. The van der Waals surface area contributed by atoms with E-state index in [9.17, 15) is 14.7 Å². The number of carboxylic acid groups (broad SMARTS) is 1. The molecule has 1 amide bonds. The van der Waals surface area contributed by atoms with E-state index in [0.29, 0.717) is 19.4 Å². The van der Waals surface area contributed by atoms with Crippen molar-refractivity contribution in [1.29, 1.82) is 0 Å².